The third kappa shape index (κ3) is 5.64. The van der Waals surface area contributed by atoms with Crippen molar-refractivity contribution in [2.24, 2.45) is 0 Å². The van der Waals surface area contributed by atoms with Crippen molar-refractivity contribution in [1.82, 2.24) is 0 Å². The summed E-state index contributed by atoms with van der Waals surface area (Å²) in [7, 11) is 2.29. The molecular formula is C56H53B. The van der Waals surface area contributed by atoms with Gasteiger partial charge >= 0.3 is 0 Å². The van der Waals surface area contributed by atoms with Crippen LogP contribution in [0.15, 0.2) is 125 Å². The monoisotopic (exact) mass is 736 g/mol. The van der Waals surface area contributed by atoms with Crippen LogP contribution in [0.3, 0.4) is 0 Å². The van der Waals surface area contributed by atoms with Crippen molar-refractivity contribution in [3.05, 3.63) is 175 Å². The summed E-state index contributed by atoms with van der Waals surface area (Å²) in [6, 6.07) is 30.9. The smallest absolute Gasteiger partial charge is 0.0836 e. The van der Waals surface area contributed by atoms with Gasteiger partial charge in [-0.05, 0) is 225 Å². The molecule has 6 aromatic carbocycles. The molecule has 4 aliphatic rings. The summed E-state index contributed by atoms with van der Waals surface area (Å²) in [6.45, 7) is 14.2. The van der Waals surface area contributed by atoms with Gasteiger partial charge in [0.15, 0.2) is 0 Å². The zero-order chi connectivity index (χ0) is 39.1. The second-order valence-electron chi connectivity index (χ2n) is 17.4. The highest BCUT2D eigenvalue weighted by molar-refractivity contribution is 6.23. The van der Waals surface area contributed by atoms with Crippen LogP contribution in [0, 0.1) is 20.8 Å². The molecule has 6 aromatic rings. The summed E-state index contributed by atoms with van der Waals surface area (Å²) < 4.78 is 0. The normalized spacial score (nSPS) is 16.9. The lowest BCUT2D eigenvalue weighted by atomic mass is 9.73. The predicted molar refractivity (Wildman–Crippen MR) is 250 cm³/mol. The standard InChI is InChI=1S/C56H53B/c1-32(31-57)33(2)35(4)46-25-26-47-36(5)34(3)37(6)52-55(50-17-11-10-16-49(50)54(46)56(47)52)51-18-12-15-43-30-45-29-42(23-24-48(45)53(43)51)41-22-20-39-19-21-40(27-44(39)28-41)38-13-8-7-9-14-38/h8,10-18,20,22-24,27-29H,7,9,19,21,25-26,30-31,57H2,1-6H3/b33-32-,46-35+. The van der Waals surface area contributed by atoms with Gasteiger partial charge in [0.05, 0.1) is 0 Å². The molecule has 1 heteroatoms. The maximum atomic E-state index is 2.49. The van der Waals surface area contributed by atoms with Gasteiger partial charge in [-0.15, -0.1) is 0 Å². The van der Waals surface area contributed by atoms with E-state index in [4.69, 9.17) is 0 Å². The Balaban J connectivity index is 1.16. The zero-order valence-corrected chi connectivity index (χ0v) is 35.0. The van der Waals surface area contributed by atoms with E-state index in [1.165, 1.54) is 133 Å². The third-order valence-corrected chi connectivity index (χ3v) is 14.6. The van der Waals surface area contributed by atoms with E-state index in [9.17, 15) is 0 Å². The molecule has 0 spiro atoms. The number of rotatable bonds is 5. The molecule has 0 atom stereocenters. The van der Waals surface area contributed by atoms with Crippen LogP contribution >= 0.6 is 0 Å². The van der Waals surface area contributed by atoms with Crippen LogP contribution < -0.4 is 0 Å². The van der Waals surface area contributed by atoms with Gasteiger partial charge in [-0.3, -0.25) is 0 Å². The van der Waals surface area contributed by atoms with Crippen LogP contribution in [0.1, 0.15) is 96.5 Å². The van der Waals surface area contributed by atoms with Crippen LogP contribution in [0.25, 0.3) is 66.6 Å². The second kappa shape index (κ2) is 13.9. The minimum atomic E-state index is 0.965. The van der Waals surface area contributed by atoms with Gasteiger partial charge in [0.2, 0.25) is 0 Å². The lowest BCUT2D eigenvalue weighted by Crippen LogP contribution is -2.10. The van der Waals surface area contributed by atoms with Gasteiger partial charge in [0, 0.05) is 0 Å². The lowest BCUT2D eigenvalue weighted by molar-refractivity contribution is 0.926. The molecule has 0 amide bonds. The van der Waals surface area contributed by atoms with Crippen LogP contribution in [-0.4, -0.2) is 7.85 Å². The molecule has 0 fully saturated rings. The highest BCUT2D eigenvalue weighted by atomic mass is 14.3. The Morgan fingerprint density at radius 1 is 0.632 bits per heavy atom. The second-order valence-corrected chi connectivity index (χ2v) is 17.4. The first-order valence-electron chi connectivity index (χ1n) is 21.5. The average molecular weight is 737 g/mol. The van der Waals surface area contributed by atoms with E-state index in [2.05, 4.69) is 153 Å². The van der Waals surface area contributed by atoms with E-state index in [0.717, 1.165) is 51.3 Å². The van der Waals surface area contributed by atoms with Gasteiger partial charge < -0.3 is 0 Å². The number of allylic oxidation sites excluding steroid dienone is 9. The van der Waals surface area contributed by atoms with E-state index in [0.29, 0.717) is 0 Å². The van der Waals surface area contributed by atoms with Crippen molar-refractivity contribution in [2.75, 3.05) is 0 Å². The predicted octanol–water partition coefficient (Wildman–Crippen LogP) is 14.5. The molecule has 4 aliphatic carbocycles. The summed E-state index contributed by atoms with van der Waals surface area (Å²) >= 11 is 0. The van der Waals surface area contributed by atoms with Crippen molar-refractivity contribution >= 4 is 41.0 Å². The van der Waals surface area contributed by atoms with E-state index in [1.54, 1.807) is 5.56 Å². The van der Waals surface area contributed by atoms with Gasteiger partial charge in [0.1, 0.15) is 7.85 Å². The quantitative estimate of drug-likeness (QED) is 0.122. The molecule has 280 valence electrons. The largest absolute Gasteiger partial charge is 0.106 e. The van der Waals surface area contributed by atoms with Crippen LogP contribution in [-0.2, 0) is 19.3 Å². The Morgan fingerprint density at radius 2 is 1.42 bits per heavy atom. The number of fused-ring (bicyclic) bond motifs is 6. The molecule has 0 saturated carbocycles. The summed E-state index contributed by atoms with van der Waals surface area (Å²) in [5, 5.41) is 5.72. The van der Waals surface area contributed by atoms with Crippen molar-refractivity contribution in [3.8, 4) is 33.4 Å². The zero-order valence-electron chi connectivity index (χ0n) is 35.0. The molecule has 0 bridgehead atoms. The lowest BCUT2D eigenvalue weighted by Gasteiger charge is -2.30. The van der Waals surface area contributed by atoms with Gasteiger partial charge in [-0.2, -0.15) is 0 Å². The van der Waals surface area contributed by atoms with Gasteiger partial charge in [0.25, 0.3) is 0 Å². The third-order valence-electron chi connectivity index (χ3n) is 14.6. The van der Waals surface area contributed by atoms with Crippen LogP contribution in [0.4, 0.5) is 0 Å². The van der Waals surface area contributed by atoms with Crippen LogP contribution in [0.5, 0.6) is 0 Å². The Labute approximate surface area is 340 Å². The van der Waals surface area contributed by atoms with Crippen molar-refractivity contribution < 1.29 is 0 Å². The van der Waals surface area contributed by atoms with E-state index < -0.39 is 0 Å². The van der Waals surface area contributed by atoms with E-state index in [-0.39, 0.29) is 0 Å². The molecule has 0 N–H and O–H groups in total. The first kappa shape index (κ1) is 36.0. The molecule has 0 aromatic heterocycles. The maximum absolute atomic E-state index is 2.49. The summed E-state index contributed by atoms with van der Waals surface area (Å²) in [4.78, 5) is 0. The molecule has 0 radical (unpaired) electrons. The fourth-order valence-electron chi connectivity index (χ4n) is 10.9. The van der Waals surface area contributed by atoms with Crippen LogP contribution in [0.2, 0.25) is 6.32 Å². The van der Waals surface area contributed by atoms with Crippen molar-refractivity contribution in [1.29, 1.82) is 0 Å². The maximum Gasteiger partial charge on any atom is 0.106 e. The van der Waals surface area contributed by atoms with Gasteiger partial charge in [-0.25, -0.2) is 0 Å². The molecule has 0 unspecified atom stereocenters. The highest BCUT2D eigenvalue weighted by Gasteiger charge is 2.31. The van der Waals surface area contributed by atoms with E-state index >= 15 is 0 Å². The number of benzene rings is 6. The molecular weight excluding hydrogens is 683 g/mol. The fourth-order valence-corrected chi connectivity index (χ4v) is 10.9. The summed E-state index contributed by atoms with van der Waals surface area (Å²) in [5.74, 6) is 0. The number of hydrogen-bond donors (Lipinski definition) is 0. The Morgan fingerprint density at radius 3 is 2.21 bits per heavy atom. The summed E-state index contributed by atoms with van der Waals surface area (Å²) in [6.07, 6.45) is 18.3. The van der Waals surface area contributed by atoms with E-state index in [1.807, 2.05) is 0 Å². The molecule has 0 saturated heterocycles. The molecule has 0 heterocycles. The van der Waals surface area contributed by atoms with Crippen molar-refractivity contribution in [2.45, 2.75) is 92.8 Å². The fraction of sp³-hybridized carbons (Fsp3) is 0.250. The Kier molecular flexibility index (Phi) is 8.78. The Bertz CT molecular complexity index is 2900. The topological polar surface area (TPSA) is 0 Å². The Hall–Kier alpha value is -5.40. The van der Waals surface area contributed by atoms with Crippen molar-refractivity contribution in [3.63, 3.8) is 0 Å². The summed E-state index contributed by atoms with van der Waals surface area (Å²) in [5.41, 5.74) is 30.2. The first-order valence-corrected chi connectivity index (χ1v) is 21.5. The minimum Gasteiger partial charge on any atom is -0.0836 e. The van der Waals surface area contributed by atoms with Gasteiger partial charge in [-0.1, -0.05) is 109 Å². The first-order chi connectivity index (χ1) is 27.7. The average Bonchev–Trinajstić information content (AvgIpc) is 3.64. The minimum absolute atomic E-state index is 0.965. The molecule has 0 aliphatic heterocycles. The molecule has 0 nitrogen and oxygen atoms in total. The highest BCUT2D eigenvalue weighted by Crippen LogP contribution is 2.53. The SMILES string of the molecule is BC/C(C)=C(C)\C(C)=C1/CCc2c(C)c(C)c(C)c3c(-c4cccc5c4-c4ccc(-c6ccc7c(c6)C=C(C6=CCCC=C6)CC7)cc4C5)c4ccccc4c1c23. The molecule has 10 rings (SSSR count). The number of hydrogen-bond acceptors (Lipinski definition) is 0. The molecule has 57 heavy (non-hydrogen) atoms. The number of aryl methyl sites for hydroxylation is 3.